The lowest BCUT2D eigenvalue weighted by molar-refractivity contribution is 0.678. The maximum absolute atomic E-state index is 4.26. The van der Waals surface area contributed by atoms with E-state index in [4.69, 9.17) is 0 Å². The molecule has 0 fully saturated rings. The van der Waals surface area contributed by atoms with Crippen molar-refractivity contribution in [1.82, 2.24) is 10.6 Å². The van der Waals surface area contributed by atoms with Crippen LogP contribution in [0, 0.1) is 0 Å². The minimum absolute atomic E-state index is 0.737. The first kappa shape index (κ1) is 13.5. The lowest BCUT2D eigenvalue weighted by Crippen LogP contribution is -2.20. The molecule has 0 aromatic carbocycles. The van der Waals surface area contributed by atoms with Gasteiger partial charge < -0.3 is 10.6 Å². The van der Waals surface area contributed by atoms with Gasteiger partial charge in [-0.15, -0.1) is 0 Å². The third-order valence-corrected chi connectivity index (χ3v) is 2.38. The van der Waals surface area contributed by atoms with Gasteiger partial charge in [0.05, 0.1) is 13.1 Å². The zero-order chi connectivity index (χ0) is 12.3. The van der Waals surface area contributed by atoms with Crippen molar-refractivity contribution in [2.45, 2.75) is 20.3 Å². The fraction of sp³-hybridized carbons (Fsp3) is 0.538. The fourth-order valence-electron chi connectivity index (χ4n) is 1.37. The molecule has 4 heteroatoms. The van der Waals surface area contributed by atoms with Crippen molar-refractivity contribution in [2.75, 3.05) is 26.2 Å². The van der Waals surface area contributed by atoms with Crippen molar-refractivity contribution in [3.63, 3.8) is 0 Å². The molecule has 17 heavy (non-hydrogen) atoms. The van der Waals surface area contributed by atoms with Crippen molar-refractivity contribution < 1.29 is 0 Å². The first-order chi connectivity index (χ1) is 8.29. The zero-order valence-corrected chi connectivity index (χ0v) is 10.7. The average Bonchev–Trinajstić information content (AvgIpc) is 2.31. The normalized spacial score (nSPS) is 25.3. The Morgan fingerprint density at radius 3 is 1.82 bits per heavy atom. The summed E-state index contributed by atoms with van der Waals surface area (Å²) in [5, 5.41) is 6.69. The second kappa shape index (κ2) is 8.56. The molecule has 94 valence electrons. The highest BCUT2D eigenvalue weighted by molar-refractivity contribution is 5.72. The second-order valence-electron chi connectivity index (χ2n) is 4.02. The molecule has 0 aliphatic carbocycles. The van der Waals surface area contributed by atoms with Crippen molar-refractivity contribution in [1.29, 1.82) is 0 Å². The zero-order valence-electron chi connectivity index (χ0n) is 10.7. The van der Waals surface area contributed by atoms with Crippen molar-refractivity contribution in [3.8, 4) is 0 Å². The number of rotatable bonds is 0. The van der Waals surface area contributed by atoms with E-state index in [9.17, 15) is 0 Å². The van der Waals surface area contributed by atoms with Crippen LogP contribution in [0.1, 0.15) is 20.3 Å². The molecule has 1 aliphatic rings. The highest BCUT2D eigenvalue weighted by Crippen LogP contribution is 1.89. The highest BCUT2D eigenvalue weighted by Gasteiger charge is 1.90. The molecule has 2 N–H and O–H groups in total. The number of nitrogens with zero attached hydrogens (tertiary/aromatic N) is 2. The van der Waals surface area contributed by atoms with E-state index in [1.165, 1.54) is 0 Å². The lowest BCUT2D eigenvalue weighted by atomic mass is 10.3. The molecular formula is C13H22N4. The van der Waals surface area contributed by atoms with E-state index in [1.807, 2.05) is 24.6 Å². The summed E-state index contributed by atoms with van der Waals surface area (Å²) in [5.74, 6) is 0. The van der Waals surface area contributed by atoms with E-state index in [-0.39, 0.29) is 0 Å². The van der Waals surface area contributed by atoms with Crippen LogP contribution in [-0.4, -0.2) is 38.6 Å². The summed E-state index contributed by atoms with van der Waals surface area (Å²) in [5.41, 5.74) is 2.30. The van der Waals surface area contributed by atoms with Crippen LogP contribution in [0.3, 0.4) is 0 Å². The van der Waals surface area contributed by atoms with E-state index in [0.717, 1.165) is 44.0 Å². The summed E-state index contributed by atoms with van der Waals surface area (Å²) in [6.07, 6.45) is 8.78. The molecule has 1 heterocycles. The Morgan fingerprint density at radius 1 is 0.882 bits per heavy atom. The molecule has 0 atom stereocenters. The van der Waals surface area contributed by atoms with Crippen LogP contribution < -0.4 is 10.6 Å². The van der Waals surface area contributed by atoms with E-state index in [0.29, 0.717) is 0 Å². The number of allylic oxidation sites excluding steroid dienone is 4. The second-order valence-corrected chi connectivity index (χ2v) is 4.02. The summed E-state index contributed by atoms with van der Waals surface area (Å²) in [7, 11) is 0. The molecule has 1 aliphatic heterocycles. The maximum atomic E-state index is 4.26. The predicted molar refractivity (Wildman–Crippen MR) is 74.9 cm³/mol. The number of aliphatic imine (C=N–C) groups is 2. The first-order valence-corrected chi connectivity index (χ1v) is 6.10. The quantitative estimate of drug-likeness (QED) is 0.667. The Labute approximate surface area is 104 Å². The molecule has 0 saturated carbocycles. The number of nitrogens with one attached hydrogen (secondary N) is 2. The van der Waals surface area contributed by atoms with Crippen molar-refractivity contribution in [3.05, 3.63) is 23.5 Å². The first-order valence-electron chi connectivity index (χ1n) is 6.10. The van der Waals surface area contributed by atoms with Crippen molar-refractivity contribution >= 4 is 12.4 Å². The van der Waals surface area contributed by atoms with Crippen LogP contribution >= 0.6 is 0 Å². The van der Waals surface area contributed by atoms with Gasteiger partial charge in [-0.3, -0.25) is 9.98 Å². The fourth-order valence-corrected chi connectivity index (χ4v) is 1.37. The maximum Gasteiger partial charge on any atom is 0.0585 e. The van der Waals surface area contributed by atoms with Gasteiger partial charge in [0.15, 0.2) is 0 Å². The van der Waals surface area contributed by atoms with Crippen molar-refractivity contribution in [2.24, 2.45) is 9.98 Å². The van der Waals surface area contributed by atoms with Gasteiger partial charge in [-0.1, -0.05) is 0 Å². The van der Waals surface area contributed by atoms with Crippen LogP contribution in [-0.2, 0) is 0 Å². The third-order valence-electron chi connectivity index (χ3n) is 2.38. The van der Waals surface area contributed by atoms with Gasteiger partial charge in [0.25, 0.3) is 0 Å². The summed E-state index contributed by atoms with van der Waals surface area (Å²) >= 11 is 0. The van der Waals surface area contributed by atoms with Crippen LogP contribution in [0.25, 0.3) is 0 Å². The van der Waals surface area contributed by atoms with Crippen LogP contribution in [0.15, 0.2) is 33.5 Å². The summed E-state index contributed by atoms with van der Waals surface area (Å²) in [6.45, 7) is 7.54. The molecule has 0 saturated heterocycles. The molecule has 0 amide bonds. The summed E-state index contributed by atoms with van der Waals surface area (Å²) < 4.78 is 0. The summed E-state index contributed by atoms with van der Waals surface area (Å²) in [4.78, 5) is 8.52. The van der Waals surface area contributed by atoms with Crippen LogP contribution in [0.4, 0.5) is 0 Å². The highest BCUT2D eigenvalue weighted by atomic mass is 14.9. The van der Waals surface area contributed by atoms with Gasteiger partial charge in [-0.25, -0.2) is 0 Å². The number of hydrogen-bond donors (Lipinski definition) is 2. The molecule has 0 aromatic heterocycles. The number of hydrogen-bond acceptors (Lipinski definition) is 4. The molecule has 0 unspecified atom stereocenters. The largest absolute Gasteiger partial charge is 0.388 e. The van der Waals surface area contributed by atoms with E-state index in [1.54, 1.807) is 0 Å². The molecule has 1 rings (SSSR count). The monoisotopic (exact) mass is 234 g/mol. The van der Waals surface area contributed by atoms with E-state index < -0.39 is 0 Å². The minimum Gasteiger partial charge on any atom is -0.388 e. The van der Waals surface area contributed by atoms with E-state index >= 15 is 0 Å². The minimum atomic E-state index is 0.737. The smallest absolute Gasteiger partial charge is 0.0585 e. The van der Waals surface area contributed by atoms with Gasteiger partial charge in [0.2, 0.25) is 0 Å². The van der Waals surface area contributed by atoms with Crippen LogP contribution in [0.2, 0.25) is 0 Å². The predicted octanol–water partition coefficient (Wildman–Crippen LogP) is 1.52. The average molecular weight is 234 g/mol. The van der Waals surface area contributed by atoms with Gasteiger partial charge in [0, 0.05) is 36.9 Å². The summed E-state index contributed by atoms with van der Waals surface area (Å²) in [6, 6.07) is 0. The molecular weight excluding hydrogens is 212 g/mol. The van der Waals surface area contributed by atoms with Gasteiger partial charge in [-0.2, -0.15) is 0 Å². The molecule has 4 nitrogen and oxygen atoms in total. The topological polar surface area (TPSA) is 48.8 Å². The van der Waals surface area contributed by atoms with Gasteiger partial charge >= 0.3 is 0 Å². The Hall–Kier alpha value is -1.58. The molecule has 0 bridgehead atoms. The Kier molecular flexibility index (Phi) is 6.79. The Balaban J connectivity index is 2.50. The van der Waals surface area contributed by atoms with E-state index in [2.05, 4.69) is 34.5 Å². The lowest BCUT2D eigenvalue weighted by Gasteiger charge is -2.07. The third kappa shape index (κ3) is 7.33. The SMILES string of the molecule is C/C1=C/C=NCCN=C/C=C(\C)NCCCN1. The molecule has 0 radical (unpaired) electrons. The molecule has 0 spiro atoms. The molecule has 0 aromatic rings. The van der Waals surface area contributed by atoms with Gasteiger partial charge in [-0.05, 0) is 32.4 Å². The Bertz CT molecular complexity index is 294. The van der Waals surface area contributed by atoms with Crippen LogP contribution in [0.5, 0.6) is 0 Å². The Morgan fingerprint density at radius 2 is 1.35 bits per heavy atom. The van der Waals surface area contributed by atoms with Gasteiger partial charge in [0.1, 0.15) is 0 Å². The standard InChI is InChI=1S/C13H22N4/c1-12-4-8-14-10-11-15-9-5-13(2)17-7-3-6-16-12/h4-5,8-9,16-17H,3,6-7,10-11H2,1-2H3/b12-4-,13-5+,14-8?,15-9?.